The van der Waals surface area contributed by atoms with E-state index in [0.717, 1.165) is 6.26 Å². The standard InChI is InChI=1S/C12H13ClO3S/c1-4-8(2)10-6-5-9(12(13)14)7-11(10)17(3,15)16/h5-7H,2,4H2,1,3H3. The third-order valence-corrected chi connectivity index (χ3v) is 3.77. The van der Waals surface area contributed by atoms with Crippen molar-refractivity contribution in [2.24, 2.45) is 0 Å². The molecule has 0 spiro atoms. The number of hydrogen-bond donors (Lipinski definition) is 0. The number of sulfone groups is 1. The second-order valence-corrected chi connectivity index (χ2v) is 6.04. The largest absolute Gasteiger partial charge is 0.276 e. The molecule has 3 nitrogen and oxygen atoms in total. The Balaban J connectivity index is 3.54. The average Bonchev–Trinajstić information content (AvgIpc) is 2.26. The Kier molecular flexibility index (Phi) is 4.11. The van der Waals surface area contributed by atoms with E-state index in [9.17, 15) is 13.2 Å². The zero-order valence-electron chi connectivity index (χ0n) is 9.66. The van der Waals surface area contributed by atoms with Crippen LogP contribution in [-0.2, 0) is 9.84 Å². The van der Waals surface area contributed by atoms with Gasteiger partial charge < -0.3 is 0 Å². The van der Waals surface area contributed by atoms with Crippen LogP contribution in [0.15, 0.2) is 29.7 Å². The van der Waals surface area contributed by atoms with Gasteiger partial charge in [0.15, 0.2) is 9.84 Å². The number of hydrogen-bond acceptors (Lipinski definition) is 3. The van der Waals surface area contributed by atoms with Crippen LogP contribution in [0.2, 0.25) is 0 Å². The summed E-state index contributed by atoms with van der Waals surface area (Å²) in [6, 6.07) is 4.36. The minimum absolute atomic E-state index is 0.0934. The Morgan fingerprint density at radius 1 is 1.41 bits per heavy atom. The minimum Gasteiger partial charge on any atom is -0.276 e. The van der Waals surface area contributed by atoms with Crippen molar-refractivity contribution in [2.45, 2.75) is 18.2 Å². The smallest absolute Gasteiger partial charge is 0.252 e. The van der Waals surface area contributed by atoms with E-state index in [0.29, 0.717) is 17.6 Å². The van der Waals surface area contributed by atoms with Gasteiger partial charge in [-0.3, -0.25) is 4.79 Å². The molecule has 5 heteroatoms. The van der Waals surface area contributed by atoms with E-state index in [1.165, 1.54) is 12.1 Å². The second kappa shape index (κ2) is 5.02. The van der Waals surface area contributed by atoms with Crippen molar-refractivity contribution in [1.82, 2.24) is 0 Å². The Morgan fingerprint density at radius 2 is 2.00 bits per heavy atom. The number of rotatable bonds is 4. The molecule has 0 aromatic heterocycles. The molecule has 0 amide bonds. The second-order valence-electron chi connectivity index (χ2n) is 3.71. The SMILES string of the molecule is C=C(CC)c1ccc(C(=O)Cl)cc1S(C)(=O)=O. The predicted molar refractivity (Wildman–Crippen MR) is 69.1 cm³/mol. The molecule has 0 saturated heterocycles. The summed E-state index contributed by atoms with van der Waals surface area (Å²) in [6.45, 7) is 5.69. The Labute approximate surface area is 106 Å². The Morgan fingerprint density at radius 3 is 2.41 bits per heavy atom. The van der Waals surface area contributed by atoms with Crippen LogP contribution in [0.1, 0.15) is 29.3 Å². The van der Waals surface area contributed by atoms with Gasteiger partial charge in [0.1, 0.15) is 0 Å². The van der Waals surface area contributed by atoms with Gasteiger partial charge >= 0.3 is 0 Å². The third kappa shape index (κ3) is 3.17. The van der Waals surface area contributed by atoms with Crippen molar-refractivity contribution in [3.63, 3.8) is 0 Å². The summed E-state index contributed by atoms with van der Waals surface area (Å²) in [6.07, 6.45) is 1.73. The molecule has 0 heterocycles. The van der Waals surface area contributed by atoms with Gasteiger partial charge in [-0.2, -0.15) is 0 Å². The van der Waals surface area contributed by atoms with Crippen LogP contribution >= 0.6 is 11.6 Å². The van der Waals surface area contributed by atoms with Gasteiger partial charge in [-0.1, -0.05) is 19.6 Å². The van der Waals surface area contributed by atoms with E-state index in [4.69, 9.17) is 11.6 Å². The Hall–Kier alpha value is -1.13. The molecular weight excluding hydrogens is 260 g/mol. The van der Waals surface area contributed by atoms with Gasteiger partial charge in [-0.25, -0.2) is 8.42 Å². The van der Waals surface area contributed by atoms with E-state index in [1.54, 1.807) is 6.07 Å². The first-order valence-electron chi connectivity index (χ1n) is 4.99. The average molecular weight is 273 g/mol. The van der Waals surface area contributed by atoms with Crippen LogP contribution in [0.4, 0.5) is 0 Å². The zero-order valence-corrected chi connectivity index (χ0v) is 11.2. The van der Waals surface area contributed by atoms with E-state index in [-0.39, 0.29) is 10.5 Å². The van der Waals surface area contributed by atoms with Crippen molar-refractivity contribution in [1.29, 1.82) is 0 Å². The van der Waals surface area contributed by atoms with E-state index < -0.39 is 15.1 Å². The minimum atomic E-state index is -3.42. The first-order chi connectivity index (χ1) is 7.77. The topological polar surface area (TPSA) is 51.2 Å². The number of benzene rings is 1. The fraction of sp³-hybridized carbons (Fsp3) is 0.250. The van der Waals surface area contributed by atoms with Crippen molar-refractivity contribution < 1.29 is 13.2 Å². The molecule has 1 aromatic carbocycles. The first-order valence-corrected chi connectivity index (χ1v) is 7.26. The maximum atomic E-state index is 11.7. The third-order valence-electron chi connectivity index (χ3n) is 2.42. The number of carbonyl (C=O) groups is 1. The van der Waals surface area contributed by atoms with E-state index >= 15 is 0 Å². The number of allylic oxidation sites excluding steroid dienone is 1. The molecular formula is C12H13ClO3S. The summed E-state index contributed by atoms with van der Waals surface area (Å²) in [7, 11) is -3.42. The molecule has 0 radical (unpaired) electrons. The van der Waals surface area contributed by atoms with Gasteiger partial charge in [0.2, 0.25) is 0 Å². The van der Waals surface area contributed by atoms with Crippen molar-refractivity contribution in [3.05, 3.63) is 35.9 Å². The summed E-state index contributed by atoms with van der Waals surface area (Å²) in [4.78, 5) is 11.1. The molecule has 0 atom stereocenters. The number of carbonyl (C=O) groups excluding carboxylic acids is 1. The molecule has 0 aliphatic heterocycles. The van der Waals surface area contributed by atoms with Crippen molar-refractivity contribution in [3.8, 4) is 0 Å². The number of halogens is 1. The van der Waals surface area contributed by atoms with Gasteiger partial charge in [0.25, 0.3) is 5.24 Å². The molecule has 0 fully saturated rings. The van der Waals surface area contributed by atoms with Crippen molar-refractivity contribution in [2.75, 3.05) is 6.26 Å². The lowest BCUT2D eigenvalue weighted by atomic mass is 10.0. The zero-order chi connectivity index (χ0) is 13.2. The van der Waals surface area contributed by atoms with Gasteiger partial charge in [-0.15, -0.1) is 0 Å². The molecule has 17 heavy (non-hydrogen) atoms. The van der Waals surface area contributed by atoms with E-state index in [1.807, 2.05) is 6.92 Å². The Bertz CT molecular complexity index is 573. The van der Waals surface area contributed by atoms with Crippen molar-refractivity contribution >= 4 is 32.3 Å². The summed E-state index contributed by atoms with van der Waals surface area (Å²) in [5.41, 5.74) is 1.41. The maximum Gasteiger partial charge on any atom is 0.252 e. The molecule has 0 aliphatic carbocycles. The fourth-order valence-corrected chi connectivity index (χ4v) is 2.50. The summed E-state index contributed by atoms with van der Waals surface area (Å²) in [5.74, 6) is 0. The quantitative estimate of drug-likeness (QED) is 0.792. The predicted octanol–water partition coefficient (Wildman–Crippen LogP) is 2.89. The molecule has 0 N–H and O–H groups in total. The molecule has 1 aromatic rings. The highest BCUT2D eigenvalue weighted by Crippen LogP contribution is 2.26. The van der Waals surface area contributed by atoms with Crippen LogP contribution in [0.25, 0.3) is 5.57 Å². The van der Waals surface area contributed by atoms with Crippen LogP contribution in [0.5, 0.6) is 0 Å². The molecule has 1 rings (SSSR count). The molecule has 0 unspecified atom stereocenters. The monoisotopic (exact) mass is 272 g/mol. The maximum absolute atomic E-state index is 11.7. The van der Waals surface area contributed by atoms with Gasteiger partial charge in [0.05, 0.1) is 4.90 Å². The summed E-state index contributed by atoms with van der Waals surface area (Å²) < 4.78 is 23.3. The molecule has 92 valence electrons. The highest BCUT2D eigenvalue weighted by Gasteiger charge is 2.17. The lowest BCUT2D eigenvalue weighted by Crippen LogP contribution is -2.04. The lowest BCUT2D eigenvalue weighted by Gasteiger charge is -2.10. The van der Waals surface area contributed by atoms with E-state index in [2.05, 4.69) is 6.58 Å². The van der Waals surface area contributed by atoms with Crippen LogP contribution < -0.4 is 0 Å². The van der Waals surface area contributed by atoms with Crippen LogP contribution in [0.3, 0.4) is 0 Å². The van der Waals surface area contributed by atoms with Gasteiger partial charge in [-0.05, 0) is 41.3 Å². The lowest BCUT2D eigenvalue weighted by molar-refractivity contribution is 0.108. The molecule has 0 saturated carbocycles. The summed E-state index contributed by atoms with van der Waals surface area (Å²) in [5, 5.41) is -0.677. The van der Waals surface area contributed by atoms with Gasteiger partial charge in [0, 0.05) is 11.8 Å². The molecule has 0 bridgehead atoms. The normalized spacial score (nSPS) is 11.2. The fourth-order valence-electron chi connectivity index (χ4n) is 1.43. The van der Waals surface area contributed by atoms with Crippen LogP contribution in [0, 0.1) is 0 Å². The highest BCUT2D eigenvalue weighted by atomic mass is 35.5. The molecule has 0 aliphatic rings. The van der Waals surface area contributed by atoms with Crippen LogP contribution in [-0.4, -0.2) is 19.9 Å². The highest BCUT2D eigenvalue weighted by molar-refractivity contribution is 7.90. The first kappa shape index (κ1) is 13.9. The summed E-state index contributed by atoms with van der Waals surface area (Å²) >= 11 is 5.33.